The van der Waals surface area contributed by atoms with E-state index in [2.05, 4.69) is 58.3 Å². The summed E-state index contributed by atoms with van der Waals surface area (Å²) in [4.78, 5) is 9.84. The van der Waals surface area contributed by atoms with E-state index in [0.29, 0.717) is 0 Å². The fraction of sp³-hybridized carbons (Fsp3) is 0.200. The Morgan fingerprint density at radius 1 is 0.622 bits per heavy atom. The number of fused-ring (bicyclic) bond motifs is 1. The van der Waals surface area contributed by atoms with Crippen LogP contribution in [-0.4, -0.2) is 55.0 Å². The van der Waals surface area contributed by atoms with Gasteiger partial charge in [0.25, 0.3) is 0 Å². The van der Waals surface area contributed by atoms with Crippen LogP contribution in [0.2, 0.25) is 0 Å². The molecule has 1 aliphatic rings. The summed E-state index contributed by atoms with van der Waals surface area (Å²) in [7, 11) is 3.31. The van der Waals surface area contributed by atoms with Gasteiger partial charge in [0.1, 0.15) is 17.3 Å². The van der Waals surface area contributed by atoms with Crippen molar-refractivity contribution in [3.63, 3.8) is 0 Å². The Balaban J connectivity index is 1.41. The molecule has 7 nitrogen and oxygen atoms in total. The summed E-state index contributed by atoms with van der Waals surface area (Å²) in [5.74, 6) is 2.49. The Kier molecular flexibility index (Phi) is 6.10. The van der Waals surface area contributed by atoms with Crippen LogP contribution in [0.5, 0.6) is 11.5 Å². The van der Waals surface area contributed by atoms with Gasteiger partial charge in [0.15, 0.2) is 5.65 Å². The number of methoxy groups -OCH3 is 2. The van der Waals surface area contributed by atoms with Crippen LogP contribution >= 0.6 is 0 Å². The van der Waals surface area contributed by atoms with Crippen LogP contribution in [0.25, 0.3) is 28.2 Å². The van der Waals surface area contributed by atoms with E-state index in [1.54, 1.807) is 14.2 Å². The zero-order valence-corrected chi connectivity index (χ0v) is 21.0. The monoisotopic (exact) mass is 491 g/mol. The number of hydrogen-bond donors (Lipinski definition) is 0. The molecule has 1 saturated heterocycles. The minimum absolute atomic E-state index is 0.724. The third-order valence-electron chi connectivity index (χ3n) is 6.85. The minimum Gasteiger partial charge on any atom is -0.497 e. The first-order chi connectivity index (χ1) is 18.2. The molecule has 0 spiro atoms. The molecule has 1 fully saturated rings. The lowest BCUT2D eigenvalue weighted by Gasteiger charge is -2.37. The average Bonchev–Trinajstić information content (AvgIpc) is 3.42. The highest BCUT2D eigenvalue weighted by molar-refractivity contribution is 5.72. The van der Waals surface area contributed by atoms with Crippen molar-refractivity contribution in [3.05, 3.63) is 91.0 Å². The summed E-state index contributed by atoms with van der Waals surface area (Å²) in [6.45, 7) is 3.67. The van der Waals surface area contributed by atoms with Gasteiger partial charge in [0.05, 0.1) is 25.6 Å². The normalized spacial score (nSPS) is 13.7. The predicted octanol–water partition coefficient (Wildman–Crippen LogP) is 5.41. The maximum absolute atomic E-state index is 5.49. The van der Waals surface area contributed by atoms with E-state index in [9.17, 15) is 0 Å². The zero-order valence-electron chi connectivity index (χ0n) is 21.0. The molecule has 0 aliphatic carbocycles. The van der Waals surface area contributed by atoms with E-state index in [1.807, 2.05) is 47.0 Å². The van der Waals surface area contributed by atoms with Crippen LogP contribution in [0.4, 0.5) is 11.5 Å². The van der Waals surface area contributed by atoms with Crippen LogP contribution in [-0.2, 0) is 0 Å². The van der Waals surface area contributed by atoms with Crippen LogP contribution < -0.4 is 19.3 Å². The van der Waals surface area contributed by atoms with Gasteiger partial charge in [-0.25, -0.2) is 4.98 Å². The molecule has 186 valence electrons. The second kappa shape index (κ2) is 9.85. The van der Waals surface area contributed by atoms with Crippen molar-refractivity contribution in [3.8, 4) is 34.0 Å². The number of ether oxygens (including phenoxy) is 2. The van der Waals surface area contributed by atoms with Gasteiger partial charge in [-0.05, 0) is 24.3 Å². The van der Waals surface area contributed by atoms with E-state index in [-0.39, 0.29) is 0 Å². The van der Waals surface area contributed by atoms with E-state index >= 15 is 0 Å². The van der Waals surface area contributed by atoms with Crippen LogP contribution in [0.15, 0.2) is 91.0 Å². The summed E-state index contributed by atoms with van der Waals surface area (Å²) < 4.78 is 12.9. The first kappa shape index (κ1) is 22.9. The highest BCUT2D eigenvalue weighted by Gasteiger charge is 2.22. The lowest BCUT2D eigenvalue weighted by molar-refractivity contribution is 0.394. The Labute approximate surface area is 216 Å². The summed E-state index contributed by atoms with van der Waals surface area (Å²) in [5, 5.41) is 5.01. The van der Waals surface area contributed by atoms with Gasteiger partial charge in [-0.3, -0.25) is 0 Å². The number of piperazine rings is 1. The Hall–Kier alpha value is -4.52. The quantitative estimate of drug-likeness (QED) is 0.317. The van der Waals surface area contributed by atoms with Crippen LogP contribution in [0.1, 0.15) is 0 Å². The van der Waals surface area contributed by atoms with Gasteiger partial charge in [-0.2, -0.15) is 9.61 Å². The zero-order chi connectivity index (χ0) is 25.2. The molecule has 0 unspecified atom stereocenters. The lowest BCUT2D eigenvalue weighted by atomic mass is 10.1. The largest absolute Gasteiger partial charge is 0.497 e. The van der Waals surface area contributed by atoms with Crippen molar-refractivity contribution in [2.24, 2.45) is 0 Å². The first-order valence-corrected chi connectivity index (χ1v) is 12.5. The molecule has 0 N–H and O–H groups in total. The third kappa shape index (κ3) is 4.56. The fourth-order valence-corrected chi connectivity index (χ4v) is 4.87. The van der Waals surface area contributed by atoms with Crippen molar-refractivity contribution in [1.29, 1.82) is 0 Å². The average molecular weight is 492 g/mol. The van der Waals surface area contributed by atoms with Crippen molar-refractivity contribution in [2.45, 2.75) is 0 Å². The fourth-order valence-electron chi connectivity index (χ4n) is 4.87. The first-order valence-electron chi connectivity index (χ1n) is 12.5. The molecule has 1 aliphatic heterocycles. The second-order valence-corrected chi connectivity index (χ2v) is 9.08. The lowest BCUT2D eigenvalue weighted by Crippen LogP contribution is -2.47. The SMILES string of the molecule is COc1cc(OC)cc(-c2cc3nc(-c4ccccc4)cc(N4CCN(c5ccccc5)CC4)n3n2)c1. The van der Waals surface area contributed by atoms with Gasteiger partial charge < -0.3 is 19.3 Å². The number of para-hydroxylation sites is 1. The molecule has 37 heavy (non-hydrogen) atoms. The molecule has 6 rings (SSSR count). The highest BCUT2D eigenvalue weighted by Crippen LogP contribution is 2.32. The van der Waals surface area contributed by atoms with Crippen LogP contribution in [0, 0.1) is 0 Å². The Morgan fingerprint density at radius 3 is 1.89 bits per heavy atom. The van der Waals surface area contributed by atoms with Gasteiger partial charge >= 0.3 is 0 Å². The second-order valence-electron chi connectivity index (χ2n) is 9.08. The van der Waals surface area contributed by atoms with Crippen molar-refractivity contribution in [1.82, 2.24) is 14.6 Å². The number of aromatic nitrogens is 3. The molecule has 0 saturated carbocycles. The Morgan fingerprint density at radius 2 is 1.24 bits per heavy atom. The molecule has 0 atom stereocenters. The Bertz CT molecular complexity index is 1490. The van der Waals surface area contributed by atoms with E-state index in [4.69, 9.17) is 19.6 Å². The van der Waals surface area contributed by atoms with Gasteiger partial charge in [0.2, 0.25) is 0 Å². The van der Waals surface area contributed by atoms with Crippen LogP contribution in [0.3, 0.4) is 0 Å². The van der Waals surface area contributed by atoms with Crippen molar-refractivity contribution >= 4 is 17.2 Å². The molecular formula is C30H29N5O2. The molecular weight excluding hydrogens is 462 g/mol. The maximum Gasteiger partial charge on any atom is 0.158 e. The number of anilines is 2. The van der Waals surface area contributed by atoms with E-state index < -0.39 is 0 Å². The van der Waals surface area contributed by atoms with Gasteiger partial charge in [0, 0.05) is 61.2 Å². The van der Waals surface area contributed by atoms with Crippen molar-refractivity contribution < 1.29 is 9.47 Å². The molecule has 3 heterocycles. The topological polar surface area (TPSA) is 55.1 Å². The highest BCUT2D eigenvalue weighted by atomic mass is 16.5. The number of benzene rings is 3. The third-order valence-corrected chi connectivity index (χ3v) is 6.85. The van der Waals surface area contributed by atoms with E-state index in [1.165, 1.54) is 5.69 Å². The summed E-state index contributed by atoms with van der Waals surface area (Å²) in [6, 6.07) is 30.9. The molecule has 7 heteroatoms. The van der Waals surface area contributed by atoms with Gasteiger partial charge in [-0.1, -0.05) is 48.5 Å². The maximum atomic E-state index is 5.49. The smallest absolute Gasteiger partial charge is 0.158 e. The summed E-state index contributed by atoms with van der Waals surface area (Å²) in [5.41, 5.74) is 5.82. The standard InChI is InChI=1S/C30H29N5O2/c1-36-25-17-23(18-26(19-25)37-2)28-20-29-31-27(22-9-5-3-6-10-22)21-30(35(29)32-28)34-15-13-33(14-16-34)24-11-7-4-8-12-24/h3-12,17-21H,13-16H2,1-2H3. The van der Waals surface area contributed by atoms with E-state index in [0.717, 1.165) is 71.7 Å². The molecule has 0 bridgehead atoms. The predicted molar refractivity (Wildman–Crippen MR) is 148 cm³/mol. The number of nitrogens with zero attached hydrogens (tertiary/aromatic N) is 5. The molecule has 0 radical (unpaired) electrons. The van der Waals surface area contributed by atoms with Crippen molar-refractivity contribution in [2.75, 3.05) is 50.2 Å². The molecule has 0 amide bonds. The summed E-state index contributed by atoms with van der Waals surface area (Å²) >= 11 is 0. The molecule has 5 aromatic rings. The molecule has 2 aromatic heterocycles. The number of rotatable bonds is 6. The van der Waals surface area contributed by atoms with Gasteiger partial charge in [-0.15, -0.1) is 0 Å². The molecule has 3 aromatic carbocycles. The minimum atomic E-state index is 0.724. The number of hydrogen-bond acceptors (Lipinski definition) is 6. The summed E-state index contributed by atoms with van der Waals surface area (Å²) in [6.07, 6.45) is 0.